The smallest absolute Gasteiger partial charge is 0.118 e. The van der Waals surface area contributed by atoms with Crippen LogP contribution in [0.1, 0.15) is 19.4 Å². The Hall–Kier alpha value is -1.06. The van der Waals surface area contributed by atoms with Gasteiger partial charge in [0.1, 0.15) is 5.75 Å². The maximum Gasteiger partial charge on any atom is 0.118 e. The maximum atomic E-state index is 5.25. The molecule has 90 valence electrons. The van der Waals surface area contributed by atoms with Gasteiger partial charge in [-0.05, 0) is 31.5 Å². The first-order valence-corrected chi connectivity index (χ1v) is 5.56. The van der Waals surface area contributed by atoms with Crippen LogP contribution in [0, 0.1) is 0 Å². The molecule has 0 heterocycles. The van der Waals surface area contributed by atoms with E-state index in [1.165, 1.54) is 5.56 Å². The number of hydrogen-bond donors (Lipinski definition) is 1. The van der Waals surface area contributed by atoms with E-state index in [0.717, 1.165) is 12.3 Å². The van der Waals surface area contributed by atoms with Crippen LogP contribution in [-0.4, -0.2) is 26.4 Å². The van der Waals surface area contributed by atoms with Gasteiger partial charge >= 0.3 is 0 Å². The van der Waals surface area contributed by atoms with Gasteiger partial charge in [0.05, 0.1) is 13.2 Å². The second-order valence-electron chi connectivity index (χ2n) is 3.96. The zero-order valence-electron chi connectivity index (χ0n) is 10.5. The summed E-state index contributed by atoms with van der Waals surface area (Å²) in [6.07, 6.45) is 0.221. The van der Waals surface area contributed by atoms with E-state index in [-0.39, 0.29) is 6.10 Å². The Kier molecular flexibility index (Phi) is 5.29. The summed E-state index contributed by atoms with van der Waals surface area (Å²) in [4.78, 5) is 0. The topological polar surface area (TPSA) is 30.5 Å². The monoisotopic (exact) mass is 223 g/mol. The molecule has 0 amide bonds. The van der Waals surface area contributed by atoms with Gasteiger partial charge in [-0.15, -0.1) is 0 Å². The Labute approximate surface area is 97.8 Å². The molecule has 1 rings (SSSR count). The van der Waals surface area contributed by atoms with Gasteiger partial charge < -0.3 is 14.8 Å². The molecule has 3 nitrogen and oxygen atoms in total. The lowest BCUT2D eigenvalue weighted by atomic mass is 10.1. The standard InChI is InChI=1S/C13H21NO2/c1-10(11(2)15-3)14-9-12-5-7-13(16-4)8-6-12/h5-8,10-11,14H,9H2,1-4H3. The Morgan fingerprint density at radius 3 is 2.25 bits per heavy atom. The van der Waals surface area contributed by atoms with Gasteiger partial charge in [-0.1, -0.05) is 12.1 Å². The van der Waals surface area contributed by atoms with Gasteiger partial charge in [-0.25, -0.2) is 0 Å². The third-order valence-electron chi connectivity index (χ3n) is 2.86. The fourth-order valence-electron chi connectivity index (χ4n) is 1.39. The molecule has 3 heteroatoms. The fraction of sp³-hybridized carbons (Fsp3) is 0.538. The van der Waals surface area contributed by atoms with Crippen LogP contribution in [0.2, 0.25) is 0 Å². The van der Waals surface area contributed by atoms with Crippen molar-refractivity contribution in [3.05, 3.63) is 29.8 Å². The largest absolute Gasteiger partial charge is 0.497 e. The predicted molar refractivity (Wildman–Crippen MR) is 65.8 cm³/mol. The fourth-order valence-corrected chi connectivity index (χ4v) is 1.39. The minimum atomic E-state index is 0.221. The van der Waals surface area contributed by atoms with Crippen molar-refractivity contribution >= 4 is 0 Å². The van der Waals surface area contributed by atoms with Gasteiger partial charge in [0.25, 0.3) is 0 Å². The molecular weight excluding hydrogens is 202 g/mol. The third-order valence-corrected chi connectivity index (χ3v) is 2.86. The van der Waals surface area contributed by atoms with Crippen LogP contribution in [0.25, 0.3) is 0 Å². The molecule has 0 aliphatic carbocycles. The summed E-state index contributed by atoms with van der Waals surface area (Å²) in [5, 5.41) is 3.42. The number of nitrogens with one attached hydrogen (secondary N) is 1. The number of benzene rings is 1. The Morgan fingerprint density at radius 2 is 1.75 bits per heavy atom. The number of methoxy groups -OCH3 is 2. The summed E-state index contributed by atoms with van der Waals surface area (Å²) in [6, 6.07) is 8.42. The van der Waals surface area contributed by atoms with Crippen molar-refractivity contribution in [3.63, 3.8) is 0 Å². The second kappa shape index (κ2) is 6.51. The summed E-state index contributed by atoms with van der Waals surface area (Å²) in [5.41, 5.74) is 1.25. The van der Waals surface area contributed by atoms with Crippen LogP contribution in [0.4, 0.5) is 0 Å². The minimum absolute atomic E-state index is 0.221. The van der Waals surface area contributed by atoms with Crippen LogP contribution in [0.3, 0.4) is 0 Å². The van der Waals surface area contributed by atoms with Crippen molar-refractivity contribution in [2.75, 3.05) is 14.2 Å². The molecule has 2 unspecified atom stereocenters. The zero-order valence-corrected chi connectivity index (χ0v) is 10.5. The van der Waals surface area contributed by atoms with E-state index in [1.54, 1.807) is 14.2 Å². The molecule has 16 heavy (non-hydrogen) atoms. The van der Waals surface area contributed by atoms with E-state index < -0.39 is 0 Å². The van der Waals surface area contributed by atoms with Crippen molar-refractivity contribution in [1.29, 1.82) is 0 Å². The van der Waals surface area contributed by atoms with E-state index in [4.69, 9.17) is 9.47 Å². The molecule has 0 aliphatic rings. The van der Waals surface area contributed by atoms with Crippen LogP contribution >= 0.6 is 0 Å². The van der Waals surface area contributed by atoms with Gasteiger partial charge in [-0.3, -0.25) is 0 Å². The SMILES string of the molecule is COc1ccc(CNC(C)C(C)OC)cc1. The van der Waals surface area contributed by atoms with E-state index in [9.17, 15) is 0 Å². The molecule has 1 N–H and O–H groups in total. The van der Waals surface area contributed by atoms with Crippen molar-refractivity contribution in [3.8, 4) is 5.75 Å². The highest BCUT2D eigenvalue weighted by molar-refractivity contribution is 5.27. The summed E-state index contributed by atoms with van der Waals surface area (Å²) >= 11 is 0. The van der Waals surface area contributed by atoms with Crippen LogP contribution in [-0.2, 0) is 11.3 Å². The van der Waals surface area contributed by atoms with Crippen molar-refractivity contribution in [1.82, 2.24) is 5.32 Å². The first-order valence-electron chi connectivity index (χ1n) is 5.56. The normalized spacial score (nSPS) is 14.5. The van der Waals surface area contributed by atoms with E-state index >= 15 is 0 Å². The third kappa shape index (κ3) is 3.83. The first-order chi connectivity index (χ1) is 7.67. The highest BCUT2D eigenvalue weighted by atomic mass is 16.5. The molecule has 0 saturated heterocycles. The van der Waals surface area contributed by atoms with Gasteiger partial charge in [0.15, 0.2) is 0 Å². The Bertz CT molecular complexity index is 297. The summed E-state index contributed by atoms with van der Waals surface area (Å²) in [6.45, 7) is 5.03. The molecule has 2 atom stereocenters. The molecule has 0 spiro atoms. The second-order valence-corrected chi connectivity index (χ2v) is 3.96. The number of ether oxygens (including phenoxy) is 2. The summed E-state index contributed by atoms with van der Waals surface area (Å²) < 4.78 is 10.4. The van der Waals surface area contributed by atoms with E-state index in [2.05, 4.69) is 31.3 Å². The van der Waals surface area contributed by atoms with E-state index in [0.29, 0.717) is 6.04 Å². The Balaban J connectivity index is 2.42. The molecule has 0 fully saturated rings. The van der Waals surface area contributed by atoms with Crippen molar-refractivity contribution in [2.24, 2.45) is 0 Å². The average molecular weight is 223 g/mol. The Morgan fingerprint density at radius 1 is 1.12 bits per heavy atom. The minimum Gasteiger partial charge on any atom is -0.497 e. The molecule has 0 bridgehead atoms. The maximum absolute atomic E-state index is 5.25. The molecule has 0 saturated carbocycles. The predicted octanol–water partition coefficient (Wildman–Crippen LogP) is 2.21. The highest BCUT2D eigenvalue weighted by Crippen LogP contribution is 2.11. The molecule has 0 aromatic heterocycles. The van der Waals surface area contributed by atoms with Crippen LogP contribution in [0.5, 0.6) is 5.75 Å². The van der Waals surface area contributed by atoms with Gasteiger partial charge in [-0.2, -0.15) is 0 Å². The lowest BCUT2D eigenvalue weighted by Gasteiger charge is -2.19. The molecular formula is C13H21NO2. The summed E-state index contributed by atoms with van der Waals surface area (Å²) in [5.74, 6) is 0.891. The molecule has 0 radical (unpaired) electrons. The van der Waals surface area contributed by atoms with Crippen molar-refractivity contribution < 1.29 is 9.47 Å². The molecule has 1 aromatic carbocycles. The summed E-state index contributed by atoms with van der Waals surface area (Å²) in [7, 11) is 3.41. The number of hydrogen-bond acceptors (Lipinski definition) is 3. The highest BCUT2D eigenvalue weighted by Gasteiger charge is 2.09. The van der Waals surface area contributed by atoms with Crippen LogP contribution < -0.4 is 10.1 Å². The average Bonchev–Trinajstić information content (AvgIpc) is 2.35. The zero-order chi connectivity index (χ0) is 12.0. The van der Waals surface area contributed by atoms with Gasteiger partial charge in [0.2, 0.25) is 0 Å². The van der Waals surface area contributed by atoms with Gasteiger partial charge in [0, 0.05) is 19.7 Å². The molecule has 0 aliphatic heterocycles. The van der Waals surface area contributed by atoms with E-state index in [1.807, 2.05) is 12.1 Å². The quantitative estimate of drug-likeness (QED) is 0.802. The van der Waals surface area contributed by atoms with Crippen molar-refractivity contribution in [2.45, 2.75) is 32.5 Å². The lowest BCUT2D eigenvalue weighted by molar-refractivity contribution is 0.0882. The number of rotatable bonds is 6. The first kappa shape index (κ1) is 13.0. The van der Waals surface area contributed by atoms with Crippen LogP contribution in [0.15, 0.2) is 24.3 Å². The lowest BCUT2D eigenvalue weighted by Crippen LogP contribution is -2.36. The molecule has 1 aromatic rings.